The molecule has 0 unspecified atom stereocenters. The number of carboxylic acid groups (broad SMARTS) is 1. The maximum Gasteiger partial charge on any atom is 0.309 e. The lowest BCUT2D eigenvalue weighted by Gasteiger charge is -2.27. The fourth-order valence-electron chi connectivity index (χ4n) is 2.79. The number of carboxylic acids is 1. The number of carbonyl (C=O) groups is 1. The summed E-state index contributed by atoms with van der Waals surface area (Å²) in [5.74, 6) is -0.574. The zero-order valence-corrected chi connectivity index (χ0v) is 11.0. The third kappa shape index (κ3) is 3.09. The first-order valence-corrected chi connectivity index (χ1v) is 7.42. The highest BCUT2D eigenvalue weighted by molar-refractivity contribution is 7.07. The Bertz CT molecular complexity index is 348. The summed E-state index contributed by atoms with van der Waals surface area (Å²) in [5.41, 5.74) is 0.846. The van der Waals surface area contributed by atoms with Crippen LogP contribution in [-0.4, -0.2) is 11.1 Å². The van der Waals surface area contributed by atoms with Gasteiger partial charge in [0.2, 0.25) is 0 Å². The van der Waals surface area contributed by atoms with E-state index in [1.807, 2.05) is 0 Å². The van der Waals surface area contributed by atoms with Gasteiger partial charge in [0.15, 0.2) is 0 Å². The Morgan fingerprint density at radius 2 is 2.00 bits per heavy atom. The van der Waals surface area contributed by atoms with Gasteiger partial charge in [0.05, 0.1) is 5.41 Å². The molecule has 1 N–H and O–H groups in total. The topological polar surface area (TPSA) is 37.3 Å². The van der Waals surface area contributed by atoms with Crippen molar-refractivity contribution in [3.63, 3.8) is 0 Å². The lowest BCUT2D eigenvalue weighted by molar-refractivity contribution is -0.150. The van der Waals surface area contributed by atoms with Gasteiger partial charge >= 0.3 is 5.97 Å². The van der Waals surface area contributed by atoms with Crippen LogP contribution in [-0.2, 0) is 11.2 Å². The van der Waals surface area contributed by atoms with Crippen molar-refractivity contribution in [1.29, 1.82) is 0 Å². The zero-order chi connectivity index (χ0) is 12.1. The molecule has 1 aromatic heterocycles. The van der Waals surface area contributed by atoms with E-state index in [1.165, 1.54) is 18.4 Å². The van der Waals surface area contributed by atoms with Gasteiger partial charge in [-0.05, 0) is 48.1 Å². The van der Waals surface area contributed by atoms with Gasteiger partial charge in [-0.2, -0.15) is 11.3 Å². The molecule has 0 spiro atoms. The highest BCUT2D eigenvalue weighted by atomic mass is 32.1. The van der Waals surface area contributed by atoms with E-state index in [0.29, 0.717) is 0 Å². The van der Waals surface area contributed by atoms with Crippen LogP contribution in [0.4, 0.5) is 0 Å². The maximum absolute atomic E-state index is 11.6. The molecule has 0 aliphatic heterocycles. The van der Waals surface area contributed by atoms with Crippen LogP contribution >= 0.6 is 11.3 Å². The van der Waals surface area contributed by atoms with Gasteiger partial charge in [-0.3, -0.25) is 4.79 Å². The molecule has 0 radical (unpaired) electrons. The van der Waals surface area contributed by atoms with Crippen LogP contribution in [0.1, 0.15) is 50.5 Å². The van der Waals surface area contributed by atoms with Gasteiger partial charge in [-0.25, -0.2) is 0 Å². The zero-order valence-electron chi connectivity index (χ0n) is 10.2. The maximum atomic E-state index is 11.6. The second kappa shape index (κ2) is 5.67. The standard InChI is InChI=1S/C14H20O2S/c15-13(16)14(7-3-1-2-4-8-14)9-5-12-6-10-17-11-12/h6,10-11H,1-5,7-9H2,(H,15,16). The van der Waals surface area contributed by atoms with Crippen molar-refractivity contribution >= 4 is 17.3 Å². The van der Waals surface area contributed by atoms with Gasteiger partial charge in [-0.15, -0.1) is 0 Å². The fourth-order valence-corrected chi connectivity index (χ4v) is 3.50. The Balaban J connectivity index is 2.02. The molecule has 0 aromatic carbocycles. The molecule has 2 nitrogen and oxygen atoms in total. The molecular formula is C14H20O2S. The Morgan fingerprint density at radius 3 is 2.53 bits per heavy atom. The molecular weight excluding hydrogens is 232 g/mol. The first-order chi connectivity index (χ1) is 8.23. The minimum atomic E-state index is -0.574. The SMILES string of the molecule is O=C(O)C1(CCc2ccsc2)CCCCCC1. The third-order valence-electron chi connectivity index (χ3n) is 3.99. The van der Waals surface area contributed by atoms with E-state index < -0.39 is 11.4 Å². The van der Waals surface area contributed by atoms with Gasteiger partial charge in [0, 0.05) is 0 Å². The highest BCUT2D eigenvalue weighted by Crippen LogP contribution is 2.39. The molecule has 1 heterocycles. The van der Waals surface area contributed by atoms with Crippen molar-refractivity contribution in [3.05, 3.63) is 22.4 Å². The lowest BCUT2D eigenvalue weighted by atomic mass is 9.76. The van der Waals surface area contributed by atoms with E-state index in [4.69, 9.17) is 0 Å². The van der Waals surface area contributed by atoms with E-state index >= 15 is 0 Å². The van der Waals surface area contributed by atoms with Crippen LogP contribution in [0.25, 0.3) is 0 Å². The monoisotopic (exact) mass is 252 g/mol. The summed E-state index contributed by atoms with van der Waals surface area (Å²) >= 11 is 1.69. The van der Waals surface area contributed by atoms with Crippen LogP contribution in [0.5, 0.6) is 0 Å². The van der Waals surface area contributed by atoms with Crippen molar-refractivity contribution < 1.29 is 9.90 Å². The van der Waals surface area contributed by atoms with Crippen LogP contribution in [0.2, 0.25) is 0 Å². The van der Waals surface area contributed by atoms with E-state index in [2.05, 4.69) is 16.8 Å². The minimum Gasteiger partial charge on any atom is -0.481 e. The third-order valence-corrected chi connectivity index (χ3v) is 4.72. The molecule has 0 amide bonds. The Hall–Kier alpha value is -0.830. The van der Waals surface area contributed by atoms with E-state index in [0.717, 1.165) is 38.5 Å². The second-order valence-corrected chi connectivity index (χ2v) is 5.91. The van der Waals surface area contributed by atoms with Crippen molar-refractivity contribution in [2.24, 2.45) is 5.41 Å². The molecule has 0 bridgehead atoms. The number of hydrogen-bond acceptors (Lipinski definition) is 2. The number of aryl methyl sites for hydroxylation is 1. The Labute approximate surface area is 107 Å². The summed E-state index contributed by atoms with van der Waals surface area (Å²) in [6.07, 6.45) is 8.01. The van der Waals surface area contributed by atoms with Crippen LogP contribution < -0.4 is 0 Å². The van der Waals surface area contributed by atoms with Crippen molar-refractivity contribution in [3.8, 4) is 0 Å². The van der Waals surface area contributed by atoms with E-state index in [-0.39, 0.29) is 0 Å². The molecule has 2 rings (SSSR count). The smallest absolute Gasteiger partial charge is 0.309 e. The minimum absolute atomic E-state index is 0.446. The first-order valence-electron chi connectivity index (χ1n) is 6.47. The summed E-state index contributed by atoms with van der Waals surface area (Å²) in [6, 6.07) is 2.11. The molecule has 94 valence electrons. The first kappa shape index (κ1) is 12.6. The number of rotatable bonds is 4. The largest absolute Gasteiger partial charge is 0.481 e. The Morgan fingerprint density at radius 1 is 1.29 bits per heavy atom. The van der Waals surface area contributed by atoms with E-state index in [1.54, 1.807) is 11.3 Å². The highest BCUT2D eigenvalue weighted by Gasteiger charge is 2.37. The number of thiophene rings is 1. The fraction of sp³-hybridized carbons (Fsp3) is 0.643. The summed E-state index contributed by atoms with van der Waals surface area (Å²) in [6.45, 7) is 0. The molecule has 0 atom stereocenters. The number of hydrogen-bond donors (Lipinski definition) is 1. The van der Waals surface area contributed by atoms with Crippen LogP contribution in [0.15, 0.2) is 16.8 Å². The van der Waals surface area contributed by atoms with E-state index in [9.17, 15) is 9.90 Å². The average Bonchev–Trinajstić information content (AvgIpc) is 2.71. The van der Waals surface area contributed by atoms with Crippen molar-refractivity contribution in [2.45, 2.75) is 51.4 Å². The second-order valence-electron chi connectivity index (χ2n) is 5.13. The molecule has 1 saturated carbocycles. The molecule has 0 saturated heterocycles. The Kier molecular flexibility index (Phi) is 4.21. The predicted octanol–water partition coefficient (Wildman–Crippen LogP) is 4.11. The molecule has 1 aliphatic carbocycles. The van der Waals surface area contributed by atoms with Gasteiger partial charge in [-0.1, -0.05) is 25.7 Å². The normalized spacial score (nSPS) is 19.8. The van der Waals surface area contributed by atoms with Gasteiger partial charge in [0.25, 0.3) is 0 Å². The molecule has 1 fully saturated rings. The average molecular weight is 252 g/mol. The molecule has 1 aromatic rings. The van der Waals surface area contributed by atoms with Crippen LogP contribution in [0.3, 0.4) is 0 Å². The van der Waals surface area contributed by atoms with Crippen molar-refractivity contribution in [2.75, 3.05) is 0 Å². The van der Waals surface area contributed by atoms with Crippen molar-refractivity contribution in [1.82, 2.24) is 0 Å². The number of aliphatic carboxylic acids is 1. The predicted molar refractivity (Wildman–Crippen MR) is 70.4 cm³/mol. The quantitative estimate of drug-likeness (QED) is 0.819. The van der Waals surface area contributed by atoms with Gasteiger partial charge in [0.1, 0.15) is 0 Å². The summed E-state index contributed by atoms with van der Waals surface area (Å²) in [7, 11) is 0. The van der Waals surface area contributed by atoms with Gasteiger partial charge < -0.3 is 5.11 Å². The molecule has 17 heavy (non-hydrogen) atoms. The summed E-state index contributed by atoms with van der Waals surface area (Å²) < 4.78 is 0. The summed E-state index contributed by atoms with van der Waals surface area (Å²) in [5, 5.41) is 13.7. The lowest BCUT2D eigenvalue weighted by Crippen LogP contribution is -2.31. The molecule has 3 heteroatoms. The molecule has 1 aliphatic rings. The summed E-state index contributed by atoms with van der Waals surface area (Å²) in [4.78, 5) is 11.6. The van der Waals surface area contributed by atoms with Crippen LogP contribution in [0, 0.1) is 5.41 Å².